The molecule has 0 heterocycles. The molecule has 0 spiro atoms. The molecule has 0 aromatic carbocycles. The Bertz CT molecular complexity index is 385. The van der Waals surface area contributed by atoms with Crippen molar-refractivity contribution in [2.45, 2.75) is 10.5 Å². The first-order chi connectivity index (χ1) is 5.75. The van der Waals surface area contributed by atoms with Crippen molar-refractivity contribution < 1.29 is 43.5 Å². The molecule has 0 saturated heterocycles. The van der Waals surface area contributed by atoms with E-state index in [0.29, 0.717) is 0 Å². The summed E-state index contributed by atoms with van der Waals surface area (Å²) in [5.74, 6) is 0. The molecule has 0 aliphatic rings. The monoisotopic (exact) mass is 310 g/mol. The van der Waals surface area contributed by atoms with Crippen LogP contribution < -0.4 is 0 Å². The first-order valence-corrected chi connectivity index (χ1v) is 5.33. The summed E-state index contributed by atoms with van der Waals surface area (Å²) in [4.78, 5) is 0. The molecule has 2 N–H and O–H groups in total. The van der Waals surface area contributed by atoms with Gasteiger partial charge in [0.25, 0.3) is 0 Å². The molecule has 0 fully saturated rings. The molecular weight excluding hydrogens is 306 g/mol. The van der Waals surface area contributed by atoms with E-state index in [1.807, 2.05) is 0 Å². The van der Waals surface area contributed by atoms with Gasteiger partial charge < -0.3 is 0 Å². The van der Waals surface area contributed by atoms with Gasteiger partial charge in [0.05, 0.1) is 0 Å². The van der Waals surface area contributed by atoms with Crippen molar-refractivity contribution in [2.24, 2.45) is 0 Å². The Morgan fingerprint density at radius 2 is 0.812 bits per heavy atom. The summed E-state index contributed by atoms with van der Waals surface area (Å²) in [6.45, 7) is 0. The van der Waals surface area contributed by atoms with Crippen LogP contribution in [0, 0.1) is 0 Å². The van der Waals surface area contributed by atoms with E-state index in [9.17, 15) is 34.4 Å². The molecule has 90 valence electrons. The number of hydrogen-bond acceptors (Lipinski definition) is 4. The van der Waals surface area contributed by atoms with Crippen LogP contribution in [-0.4, -0.2) is 95.6 Å². The van der Waals surface area contributed by atoms with Crippen LogP contribution in [0.5, 0.6) is 0 Å². The first-order valence-electron chi connectivity index (χ1n) is 2.45. The van der Waals surface area contributed by atoms with E-state index in [1.165, 1.54) is 0 Å². The zero-order valence-electron chi connectivity index (χ0n) is 5.86. The Hall–Kier alpha value is 1.54. The second-order valence-corrected chi connectivity index (χ2v) is 4.91. The zero-order valence-corrected chi connectivity index (χ0v) is 7.49. The van der Waals surface area contributed by atoms with Crippen molar-refractivity contribution in [1.82, 2.24) is 0 Å². The van der Waals surface area contributed by atoms with Gasteiger partial charge in [-0.1, -0.05) is 0 Å². The molecule has 16 heavy (non-hydrogen) atoms. The molecule has 0 aromatic rings. The van der Waals surface area contributed by atoms with Crippen molar-refractivity contribution in [2.75, 3.05) is 0 Å². The summed E-state index contributed by atoms with van der Waals surface area (Å²) in [6.07, 6.45) is 0. The molecule has 0 amide bonds. The second-order valence-electron chi connectivity index (χ2n) is 1.98. The quantitative estimate of drug-likeness (QED) is 0.379. The van der Waals surface area contributed by atoms with Gasteiger partial charge in [0.2, 0.25) is 0 Å². The Kier molecular flexibility index (Phi) is 8.69. The van der Waals surface area contributed by atoms with Crippen LogP contribution in [0.4, 0.5) is 17.6 Å². The number of rotatable bonds is 3. The summed E-state index contributed by atoms with van der Waals surface area (Å²) < 4.78 is 102. The van der Waals surface area contributed by atoms with Crippen molar-refractivity contribution in [3.8, 4) is 0 Å². The van der Waals surface area contributed by atoms with Crippen LogP contribution in [0.1, 0.15) is 0 Å². The number of alkyl halides is 4. The maximum atomic E-state index is 12.1. The van der Waals surface area contributed by atoms with Gasteiger partial charge in [-0.25, -0.2) is 0 Å². The van der Waals surface area contributed by atoms with E-state index in [1.54, 1.807) is 0 Å². The Morgan fingerprint density at radius 1 is 0.688 bits per heavy atom. The minimum absolute atomic E-state index is 0. The third-order valence-electron chi connectivity index (χ3n) is 0.987. The van der Waals surface area contributed by atoms with Gasteiger partial charge in [-0.2, -0.15) is 34.4 Å². The van der Waals surface area contributed by atoms with Crippen LogP contribution in [0.25, 0.3) is 0 Å². The van der Waals surface area contributed by atoms with Gasteiger partial charge in [0, 0.05) is 0 Å². The maximum absolute atomic E-state index is 12.1. The van der Waals surface area contributed by atoms with Gasteiger partial charge in [0.15, 0.2) is 0 Å². The molecule has 0 rings (SSSR count). The van der Waals surface area contributed by atoms with Gasteiger partial charge in [-0.3, -0.25) is 9.11 Å². The fourth-order valence-corrected chi connectivity index (χ4v) is 1.53. The fourth-order valence-electron chi connectivity index (χ4n) is 0.300. The van der Waals surface area contributed by atoms with Crippen molar-refractivity contribution in [3.05, 3.63) is 0 Å². The minimum atomic E-state index is -6.67. The van der Waals surface area contributed by atoms with Crippen molar-refractivity contribution in [1.29, 1.82) is 0 Å². The van der Waals surface area contributed by atoms with Crippen LogP contribution in [0.2, 0.25) is 0 Å². The summed E-state index contributed by atoms with van der Waals surface area (Å²) in [5, 5.41) is -12.7. The van der Waals surface area contributed by atoms with E-state index in [4.69, 9.17) is 9.11 Å². The fraction of sp³-hybridized carbons (Fsp3) is 1.00. The average molecular weight is 310 g/mol. The summed E-state index contributed by atoms with van der Waals surface area (Å²) in [6, 6.07) is 0. The molecule has 6 nitrogen and oxygen atoms in total. The van der Waals surface area contributed by atoms with Gasteiger partial charge in [-0.05, 0) is 0 Å². The van der Waals surface area contributed by atoms with Crippen molar-refractivity contribution in [3.63, 3.8) is 0 Å². The van der Waals surface area contributed by atoms with E-state index < -0.39 is 30.7 Å². The van der Waals surface area contributed by atoms with Crippen LogP contribution in [0.15, 0.2) is 0 Å². The number of hydrogen-bond donors (Lipinski definition) is 2. The predicted molar refractivity (Wildman–Crippen MR) is 47.3 cm³/mol. The zero-order chi connectivity index (χ0) is 12.0. The van der Waals surface area contributed by atoms with Crippen LogP contribution in [0.3, 0.4) is 0 Å². The Morgan fingerprint density at radius 3 is 0.875 bits per heavy atom. The van der Waals surface area contributed by atoms with Crippen LogP contribution in [-0.2, 0) is 20.2 Å². The SMILES string of the molecule is O=S(=O)(O)C(F)(F)C(F)(F)S(=O)(=O)O.[NaH].[NaH]. The average Bonchev–Trinajstić information content (AvgIpc) is 1.81. The second kappa shape index (κ2) is 6.12. The molecule has 0 aliphatic carbocycles. The van der Waals surface area contributed by atoms with E-state index in [2.05, 4.69) is 0 Å². The Balaban J connectivity index is -0.000000845. The molecule has 0 aliphatic heterocycles. The molecule has 14 heteroatoms. The first kappa shape index (κ1) is 22.7. The molecule has 0 atom stereocenters. The van der Waals surface area contributed by atoms with Crippen LogP contribution >= 0.6 is 0 Å². The summed E-state index contributed by atoms with van der Waals surface area (Å²) in [5.41, 5.74) is 0. The normalized spacial score (nSPS) is 13.6. The standard InChI is InChI=1S/C2H2F4O6S2.2Na.2H/c3-1(4,13(7,8)9)2(5,6)14(10,11)12;;;;/h(H,7,8,9)(H,10,11,12);;;;. The third-order valence-corrected chi connectivity index (χ3v) is 2.92. The molecular formula is C2H4F4Na2O6S2. The van der Waals surface area contributed by atoms with E-state index >= 15 is 0 Å². The molecule has 0 aromatic heterocycles. The van der Waals surface area contributed by atoms with Gasteiger partial charge >= 0.3 is 89.9 Å². The third kappa shape index (κ3) is 4.03. The van der Waals surface area contributed by atoms with Crippen molar-refractivity contribution >= 4 is 79.4 Å². The number of halogens is 4. The molecule has 0 radical (unpaired) electrons. The molecule has 0 saturated carbocycles. The summed E-state index contributed by atoms with van der Waals surface area (Å²) in [7, 11) is -13.3. The van der Waals surface area contributed by atoms with E-state index in [0.717, 1.165) is 0 Å². The Labute approximate surface area is 132 Å². The van der Waals surface area contributed by atoms with Gasteiger partial charge in [-0.15, -0.1) is 0 Å². The molecule has 0 unspecified atom stereocenters. The van der Waals surface area contributed by atoms with Gasteiger partial charge in [0.1, 0.15) is 0 Å². The topological polar surface area (TPSA) is 109 Å². The predicted octanol–water partition coefficient (Wildman–Crippen LogP) is -1.35. The van der Waals surface area contributed by atoms with E-state index in [-0.39, 0.29) is 59.1 Å². The summed E-state index contributed by atoms with van der Waals surface area (Å²) >= 11 is 0. The molecule has 0 bridgehead atoms.